The summed E-state index contributed by atoms with van der Waals surface area (Å²) in [7, 11) is 3.02. The molecule has 0 amide bonds. The van der Waals surface area contributed by atoms with Crippen molar-refractivity contribution in [1.82, 2.24) is 5.32 Å². The number of esters is 1. The number of nitrogens with one attached hydrogen (secondary N) is 1. The van der Waals surface area contributed by atoms with Crippen LogP contribution in [-0.4, -0.2) is 52.1 Å². The third kappa shape index (κ3) is 5.44. The standard InChI is InChI=1S/C11H23NO4/c1-5-12-11(2,10(13)15-4)6-7-16-9-8-14-3/h12H,5-9H2,1-4H3. The van der Waals surface area contributed by atoms with E-state index in [0.29, 0.717) is 32.8 Å². The van der Waals surface area contributed by atoms with Crippen molar-refractivity contribution in [3.8, 4) is 0 Å². The summed E-state index contributed by atoms with van der Waals surface area (Å²) in [5.41, 5.74) is -0.670. The second kappa shape index (κ2) is 8.50. The van der Waals surface area contributed by atoms with Gasteiger partial charge in [0.05, 0.1) is 20.3 Å². The van der Waals surface area contributed by atoms with Crippen LogP contribution in [0.5, 0.6) is 0 Å². The molecule has 0 spiro atoms. The minimum Gasteiger partial charge on any atom is -0.468 e. The predicted octanol–water partition coefficient (Wildman–Crippen LogP) is 0.581. The lowest BCUT2D eigenvalue weighted by Gasteiger charge is -2.27. The number of hydrogen-bond acceptors (Lipinski definition) is 5. The molecule has 0 saturated heterocycles. The van der Waals surface area contributed by atoms with Gasteiger partial charge in [0.1, 0.15) is 5.54 Å². The molecular weight excluding hydrogens is 210 g/mol. The molecule has 0 aliphatic heterocycles. The Morgan fingerprint density at radius 1 is 1.25 bits per heavy atom. The van der Waals surface area contributed by atoms with Gasteiger partial charge in [-0.15, -0.1) is 0 Å². The maximum absolute atomic E-state index is 11.6. The van der Waals surface area contributed by atoms with Crippen molar-refractivity contribution < 1.29 is 19.0 Å². The first-order chi connectivity index (χ1) is 7.60. The zero-order valence-corrected chi connectivity index (χ0v) is 10.7. The predicted molar refractivity (Wildman–Crippen MR) is 61.4 cm³/mol. The van der Waals surface area contributed by atoms with E-state index in [0.717, 1.165) is 0 Å². The van der Waals surface area contributed by atoms with Crippen molar-refractivity contribution >= 4 is 5.97 Å². The summed E-state index contributed by atoms with van der Waals surface area (Å²) in [6, 6.07) is 0. The van der Waals surface area contributed by atoms with Crippen LogP contribution >= 0.6 is 0 Å². The number of rotatable bonds is 9. The molecule has 0 rings (SSSR count). The number of likely N-dealkylation sites (N-methyl/N-ethyl adjacent to an activating group) is 1. The molecule has 0 saturated carbocycles. The summed E-state index contributed by atoms with van der Waals surface area (Å²) in [5.74, 6) is -0.260. The van der Waals surface area contributed by atoms with Gasteiger partial charge in [-0.2, -0.15) is 0 Å². The molecule has 0 fully saturated rings. The molecule has 0 aromatic rings. The van der Waals surface area contributed by atoms with Gasteiger partial charge < -0.3 is 19.5 Å². The van der Waals surface area contributed by atoms with E-state index >= 15 is 0 Å². The largest absolute Gasteiger partial charge is 0.468 e. The molecule has 0 bridgehead atoms. The van der Waals surface area contributed by atoms with E-state index in [1.807, 2.05) is 13.8 Å². The van der Waals surface area contributed by atoms with Crippen LogP contribution in [-0.2, 0) is 19.0 Å². The quantitative estimate of drug-likeness (QED) is 0.466. The fraction of sp³-hybridized carbons (Fsp3) is 0.909. The van der Waals surface area contributed by atoms with Gasteiger partial charge in [-0.1, -0.05) is 6.92 Å². The Balaban J connectivity index is 3.97. The van der Waals surface area contributed by atoms with Gasteiger partial charge >= 0.3 is 5.97 Å². The second-order valence-electron chi connectivity index (χ2n) is 3.71. The lowest BCUT2D eigenvalue weighted by Crippen LogP contribution is -2.50. The molecule has 0 aromatic heterocycles. The summed E-state index contributed by atoms with van der Waals surface area (Å²) in [6.07, 6.45) is 0.581. The van der Waals surface area contributed by atoms with Gasteiger partial charge in [0, 0.05) is 13.7 Å². The third-order valence-electron chi connectivity index (χ3n) is 2.38. The van der Waals surface area contributed by atoms with Crippen LogP contribution in [0, 0.1) is 0 Å². The molecule has 5 nitrogen and oxygen atoms in total. The Bertz CT molecular complexity index is 198. The summed E-state index contributed by atoms with van der Waals surface area (Å²) in [4.78, 5) is 11.6. The summed E-state index contributed by atoms with van der Waals surface area (Å²) in [6.45, 7) is 6.09. The Kier molecular flexibility index (Phi) is 8.15. The van der Waals surface area contributed by atoms with Gasteiger partial charge in [-0.25, -0.2) is 0 Å². The van der Waals surface area contributed by atoms with E-state index in [1.54, 1.807) is 7.11 Å². The molecule has 0 aromatic carbocycles. The molecule has 96 valence electrons. The van der Waals surface area contributed by atoms with Crippen LogP contribution in [0.15, 0.2) is 0 Å². The van der Waals surface area contributed by atoms with Crippen molar-refractivity contribution in [2.24, 2.45) is 0 Å². The monoisotopic (exact) mass is 233 g/mol. The van der Waals surface area contributed by atoms with Crippen molar-refractivity contribution in [3.05, 3.63) is 0 Å². The van der Waals surface area contributed by atoms with E-state index in [-0.39, 0.29) is 5.97 Å². The van der Waals surface area contributed by atoms with Gasteiger partial charge in [-0.05, 0) is 19.9 Å². The van der Waals surface area contributed by atoms with Gasteiger partial charge in [0.15, 0.2) is 0 Å². The Morgan fingerprint density at radius 2 is 1.94 bits per heavy atom. The van der Waals surface area contributed by atoms with E-state index in [2.05, 4.69) is 5.32 Å². The number of ether oxygens (including phenoxy) is 3. The van der Waals surface area contributed by atoms with Crippen molar-refractivity contribution in [2.45, 2.75) is 25.8 Å². The van der Waals surface area contributed by atoms with Crippen molar-refractivity contribution in [3.63, 3.8) is 0 Å². The molecule has 16 heavy (non-hydrogen) atoms. The normalized spacial score (nSPS) is 14.5. The molecular formula is C11H23NO4. The number of carbonyl (C=O) groups is 1. The van der Waals surface area contributed by atoms with Crippen LogP contribution in [0.25, 0.3) is 0 Å². The molecule has 1 N–H and O–H groups in total. The van der Waals surface area contributed by atoms with Crippen LogP contribution < -0.4 is 5.32 Å². The first-order valence-electron chi connectivity index (χ1n) is 5.50. The molecule has 1 unspecified atom stereocenters. The molecule has 1 atom stereocenters. The molecule has 0 aliphatic rings. The van der Waals surface area contributed by atoms with Crippen LogP contribution in [0.3, 0.4) is 0 Å². The van der Waals surface area contributed by atoms with Crippen LogP contribution in [0.2, 0.25) is 0 Å². The highest BCUT2D eigenvalue weighted by Crippen LogP contribution is 2.11. The van der Waals surface area contributed by atoms with Gasteiger partial charge in [0.25, 0.3) is 0 Å². The number of carbonyl (C=O) groups excluding carboxylic acids is 1. The van der Waals surface area contributed by atoms with E-state index in [4.69, 9.17) is 14.2 Å². The zero-order chi connectivity index (χ0) is 12.4. The highest BCUT2D eigenvalue weighted by molar-refractivity contribution is 5.80. The van der Waals surface area contributed by atoms with E-state index < -0.39 is 5.54 Å². The zero-order valence-electron chi connectivity index (χ0n) is 10.7. The molecule has 0 heterocycles. The molecule has 0 radical (unpaired) electrons. The minimum atomic E-state index is -0.670. The second-order valence-corrected chi connectivity index (χ2v) is 3.71. The smallest absolute Gasteiger partial charge is 0.325 e. The minimum absolute atomic E-state index is 0.260. The van der Waals surface area contributed by atoms with Crippen molar-refractivity contribution in [2.75, 3.05) is 40.6 Å². The van der Waals surface area contributed by atoms with Crippen LogP contribution in [0.4, 0.5) is 0 Å². The van der Waals surface area contributed by atoms with E-state index in [9.17, 15) is 4.79 Å². The first-order valence-corrected chi connectivity index (χ1v) is 5.50. The topological polar surface area (TPSA) is 56.8 Å². The fourth-order valence-electron chi connectivity index (χ4n) is 1.40. The summed E-state index contributed by atoms with van der Waals surface area (Å²) < 4.78 is 15.0. The average Bonchev–Trinajstić information content (AvgIpc) is 2.28. The van der Waals surface area contributed by atoms with Gasteiger partial charge in [0.2, 0.25) is 0 Å². The lowest BCUT2D eigenvalue weighted by atomic mass is 9.98. The highest BCUT2D eigenvalue weighted by Gasteiger charge is 2.32. The van der Waals surface area contributed by atoms with Crippen molar-refractivity contribution in [1.29, 1.82) is 0 Å². The lowest BCUT2D eigenvalue weighted by molar-refractivity contribution is -0.148. The SMILES string of the molecule is CCNC(C)(CCOCCOC)C(=O)OC. The third-order valence-corrected chi connectivity index (χ3v) is 2.38. The first kappa shape index (κ1) is 15.3. The Hall–Kier alpha value is -0.650. The average molecular weight is 233 g/mol. The Labute approximate surface area is 97.4 Å². The maximum atomic E-state index is 11.6. The van der Waals surface area contributed by atoms with Crippen LogP contribution in [0.1, 0.15) is 20.3 Å². The molecule has 5 heteroatoms. The number of methoxy groups -OCH3 is 2. The molecule has 0 aliphatic carbocycles. The Morgan fingerprint density at radius 3 is 2.44 bits per heavy atom. The summed E-state index contributed by atoms with van der Waals surface area (Å²) in [5, 5.41) is 3.11. The van der Waals surface area contributed by atoms with Gasteiger partial charge in [-0.3, -0.25) is 4.79 Å². The summed E-state index contributed by atoms with van der Waals surface area (Å²) >= 11 is 0. The van der Waals surface area contributed by atoms with E-state index in [1.165, 1.54) is 7.11 Å². The highest BCUT2D eigenvalue weighted by atomic mass is 16.5. The fourth-order valence-corrected chi connectivity index (χ4v) is 1.40. The number of hydrogen-bond donors (Lipinski definition) is 1. The maximum Gasteiger partial charge on any atom is 0.325 e.